The summed E-state index contributed by atoms with van der Waals surface area (Å²) in [6.45, 7) is 0. The van der Waals surface area contributed by atoms with E-state index in [0.717, 1.165) is 11.4 Å². The molecule has 50 heavy (non-hydrogen) atoms. The molecular weight excluding hydrogens is 605 g/mol. The van der Waals surface area contributed by atoms with E-state index in [-0.39, 0.29) is 0 Å². The number of para-hydroxylation sites is 2. The normalized spacial score (nSPS) is 11.6. The Morgan fingerprint density at radius 2 is 0.620 bits per heavy atom. The number of rotatable bonds is 5. The van der Waals surface area contributed by atoms with E-state index in [4.69, 9.17) is 0 Å². The van der Waals surface area contributed by atoms with Crippen LogP contribution in [0.3, 0.4) is 0 Å². The lowest BCUT2D eigenvalue weighted by atomic mass is 9.95. The van der Waals surface area contributed by atoms with E-state index in [0.29, 0.717) is 0 Å². The molecule has 2 heteroatoms. The molecule has 2 heterocycles. The molecule has 2 aromatic heterocycles. The van der Waals surface area contributed by atoms with E-state index in [1.165, 1.54) is 77.0 Å². The number of aromatic nitrogens is 2. The molecule has 10 aromatic rings. The average Bonchev–Trinajstić information content (AvgIpc) is 3.72. The number of hydrogen-bond donors (Lipinski definition) is 0. The van der Waals surface area contributed by atoms with Crippen LogP contribution in [0.2, 0.25) is 0 Å². The Hall–Kier alpha value is -6.64. The van der Waals surface area contributed by atoms with Crippen molar-refractivity contribution in [2.75, 3.05) is 0 Å². The van der Waals surface area contributed by atoms with Gasteiger partial charge < -0.3 is 9.13 Å². The summed E-state index contributed by atoms with van der Waals surface area (Å²) in [6, 6.07) is 70.3. The van der Waals surface area contributed by atoms with Crippen molar-refractivity contribution in [2.45, 2.75) is 0 Å². The summed E-state index contributed by atoms with van der Waals surface area (Å²) in [5.74, 6) is 0. The lowest BCUT2D eigenvalue weighted by Gasteiger charge is -2.12. The highest BCUT2D eigenvalue weighted by Crippen LogP contribution is 2.44. The van der Waals surface area contributed by atoms with Crippen molar-refractivity contribution in [1.29, 1.82) is 0 Å². The van der Waals surface area contributed by atoms with Gasteiger partial charge in [0.15, 0.2) is 0 Å². The lowest BCUT2D eigenvalue weighted by Crippen LogP contribution is -1.95. The second-order valence-corrected chi connectivity index (χ2v) is 12.9. The molecule has 0 radical (unpaired) electrons. The average molecular weight is 637 g/mol. The van der Waals surface area contributed by atoms with Gasteiger partial charge in [-0.1, -0.05) is 146 Å². The smallest absolute Gasteiger partial charge is 0.0547 e. The minimum Gasteiger partial charge on any atom is -0.309 e. The van der Waals surface area contributed by atoms with Gasteiger partial charge in [-0.3, -0.25) is 0 Å². The van der Waals surface area contributed by atoms with Gasteiger partial charge in [-0.25, -0.2) is 0 Å². The third-order valence-corrected chi connectivity index (χ3v) is 10.1. The van der Waals surface area contributed by atoms with Gasteiger partial charge in [0.05, 0.1) is 22.1 Å². The van der Waals surface area contributed by atoms with Crippen molar-refractivity contribution >= 4 is 43.6 Å². The summed E-state index contributed by atoms with van der Waals surface area (Å²) in [7, 11) is 0. The molecule has 10 rings (SSSR count). The van der Waals surface area contributed by atoms with Crippen molar-refractivity contribution in [3.8, 4) is 44.8 Å². The van der Waals surface area contributed by atoms with Crippen LogP contribution in [0, 0.1) is 0 Å². The highest BCUT2D eigenvalue weighted by molar-refractivity contribution is 6.22. The molecule has 0 bridgehead atoms. The van der Waals surface area contributed by atoms with Gasteiger partial charge in [0, 0.05) is 32.9 Å². The molecule has 0 saturated heterocycles. The van der Waals surface area contributed by atoms with Crippen molar-refractivity contribution in [2.24, 2.45) is 0 Å². The summed E-state index contributed by atoms with van der Waals surface area (Å²) in [5, 5.41) is 5.03. The van der Waals surface area contributed by atoms with Gasteiger partial charge in [0.1, 0.15) is 0 Å². The molecule has 0 N–H and O–H groups in total. The van der Waals surface area contributed by atoms with Crippen molar-refractivity contribution in [3.05, 3.63) is 194 Å². The van der Waals surface area contributed by atoms with Crippen LogP contribution in [-0.4, -0.2) is 9.13 Å². The first-order valence-corrected chi connectivity index (χ1v) is 17.2. The Bertz CT molecular complexity index is 2660. The Morgan fingerprint density at radius 3 is 1.08 bits per heavy atom. The zero-order valence-corrected chi connectivity index (χ0v) is 27.4. The van der Waals surface area contributed by atoms with Crippen molar-refractivity contribution in [3.63, 3.8) is 0 Å². The monoisotopic (exact) mass is 636 g/mol. The van der Waals surface area contributed by atoms with Crippen LogP contribution >= 0.6 is 0 Å². The first kappa shape index (κ1) is 28.4. The van der Waals surface area contributed by atoms with Gasteiger partial charge in [0.2, 0.25) is 0 Å². The number of benzene rings is 8. The van der Waals surface area contributed by atoms with Crippen LogP contribution in [0.4, 0.5) is 0 Å². The first-order chi connectivity index (χ1) is 24.8. The molecule has 2 nitrogen and oxygen atoms in total. The first-order valence-electron chi connectivity index (χ1n) is 17.2. The zero-order chi connectivity index (χ0) is 33.0. The molecule has 0 aliphatic carbocycles. The van der Waals surface area contributed by atoms with Crippen LogP contribution < -0.4 is 0 Å². The van der Waals surface area contributed by atoms with E-state index in [1.807, 2.05) is 0 Å². The number of nitrogens with zero attached hydrogens (tertiary/aromatic N) is 2. The second-order valence-electron chi connectivity index (χ2n) is 12.9. The molecule has 0 fully saturated rings. The fourth-order valence-corrected chi connectivity index (χ4v) is 7.95. The molecular formula is C48H32N2. The Balaban J connectivity index is 1.23. The van der Waals surface area contributed by atoms with Gasteiger partial charge >= 0.3 is 0 Å². The van der Waals surface area contributed by atoms with Gasteiger partial charge in [-0.2, -0.15) is 0 Å². The fourth-order valence-electron chi connectivity index (χ4n) is 7.95. The highest BCUT2D eigenvalue weighted by atomic mass is 15.0. The van der Waals surface area contributed by atoms with Crippen LogP contribution in [-0.2, 0) is 0 Å². The summed E-state index contributed by atoms with van der Waals surface area (Å²) >= 11 is 0. The molecule has 0 spiro atoms. The minimum absolute atomic E-state index is 1.16. The molecule has 0 atom stereocenters. The predicted octanol–water partition coefficient (Wildman–Crippen LogP) is 12.9. The molecule has 0 aliphatic rings. The van der Waals surface area contributed by atoms with Gasteiger partial charge in [-0.15, -0.1) is 0 Å². The zero-order valence-electron chi connectivity index (χ0n) is 27.4. The SMILES string of the molecule is c1ccc(-c2cccc(-n3c4ccccc4c4c(-c5cccc6c5c5ccccc5n6-c5cccc(-c6ccccc6)c5)cccc43)c2)cc1. The topological polar surface area (TPSA) is 9.86 Å². The number of hydrogen-bond acceptors (Lipinski definition) is 0. The third-order valence-electron chi connectivity index (χ3n) is 10.1. The van der Waals surface area contributed by atoms with Crippen LogP contribution in [0.5, 0.6) is 0 Å². The second kappa shape index (κ2) is 11.5. The predicted molar refractivity (Wildman–Crippen MR) is 211 cm³/mol. The summed E-state index contributed by atoms with van der Waals surface area (Å²) in [5.41, 5.74) is 14.4. The molecule has 0 unspecified atom stereocenters. The Morgan fingerprint density at radius 1 is 0.260 bits per heavy atom. The van der Waals surface area contributed by atoms with Crippen molar-refractivity contribution < 1.29 is 0 Å². The van der Waals surface area contributed by atoms with E-state index >= 15 is 0 Å². The maximum Gasteiger partial charge on any atom is 0.0547 e. The van der Waals surface area contributed by atoms with Crippen LogP contribution in [0.15, 0.2) is 194 Å². The fraction of sp³-hybridized carbons (Fsp3) is 0. The largest absolute Gasteiger partial charge is 0.309 e. The van der Waals surface area contributed by atoms with Crippen molar-refractivity contribution in [1.82, 2.24) is 9.13 Å². The standard InChI is InChI=1S/C48H32N2/c1-3-15-33(16-4-1)35-19-11-21-37(31-35)49-43-27-9-7-23-41(43)47-39(25-13-29-45(47)49)40-26-14-30-46-48(40)42-24-8-10-28-44(42)50(46)38-22-12-20-36(32-38)34-17-5-2-6-18-34/h1-32H. The molecule has 8 aromatic carbocycles. The van der Waals surface area contributed by atoms with E-state index in [2.05, 4.69) is 203 Å². The minimum atomic E-state index is 1.16. The third kappa shape index (κ3) is 4.43. The molecule has 0 saturated carbocycles. The van der Waals surface area contributed by atoms with E-state index in [1.54, 1.807) is 0 Å². The highest BCUT2D eigenvalue weighted by Gasteiger charge is 2.20. The maximum atomic E-state index is 2.43. The lowest BCUT2D eigenvalue weighted by molar-refractivity contribution is 1.18. The Labute approximate surface area is 290 Å². The molecule has 234 valence electrons. The van der Waals surface area contributed by atoms with Crippen LogP contribution in [0.25, 0.3) is 88.4 Å². The molecule has 0 amide bonds. The van der Waals surface area contributed by atoms with Gasteiger partial charge in [-0.05, 0) is 81.9 Å². The summed E-state index contributed by atoms with van der Waals surface area (Å²) in [4.78, 5) is 0. The Kier molecular flexibility index (Phi) is 6.53. The maximum absolute atomic E-state index is 2.43. The molecule has 0 aliphatic heterocycles. The van der Waals surface area contributed by atoms with E-state index in [9.17, 15) is 0 Å². The van der Waals surface area contributed by atoms with E-state index < -0.39 is 0 Å². The summed E-state index contributed by atoms with van der Waals surface area (Å²) in [6.07, 6.45) is 0. The number of fused-ring (bicyclic) bond motifs is 6. The summed E-state index contributed by atoms with van der Waals surface area (Å²) < 4.78 is 4.86. The van der Waals surface area contributed by atoms with Crippen LogP contribution in [0.1, 0.15) is 0 Å². The quantitative estimate of drug-likeness (QED) is 0.178. The van der Waals surface area contributed by atoms with Gasteiger partial charge in [0.25, 0.3) is 0 Å².